The lowest BCUT2D eigenvalue weighted by Crippen LogP contribution is -2.50. The van der Waals surface area contributed by atoms with Crippen molar-refractivity contribution >= 4 is 27.5 Å². The molecule has 10 heteroatoms. The summed E-state index contributed by atoms with van der Waals surface area (Å²) < 4.78 is 32.9. The summed E-state index contributed by atoms with van der Waals surface area (Å²) in [7, 11) is -3.25. The zero-order chi connectivity index (χ0) is 23.3. The number of nitrogens with zero attached hydrogens (tertiary/aromatic N) is 4. The van der Waals surface area contributed by atoms with Gasteiger partial charge in [0.25, 0.3) is 5.91 Å². The highest BCUT2D eigenvalue weighted by Gasteiger charge is 2.33. The summed E-state index contributed by atoms with van der Waals surface area (Å²) in [5, 5.41) is 5.52. The van der Waals surface area contributed by atoms with E-state index in [0.29, 0.717) is 49.9 Å². The number of sulfonamides is 1. The predicted octanol–water partition coefficient (Wildman–Crippen LogP) is 2.97. The minimum absolute atomic E-state index is 0.197. The van der Waals surface area contributed by atoms with Crippen LogP contribution in [0, 0.1) is 6.92 Å². The summed E-state index contributed by atoms with van der Waals surface area (Å²) in [6.45, 7) is 3.81. The van der Waals surface area contributed by atoms with E-state index in [2.05, 4.69) is 6.20 Å². The number of hydrogen-bond donors (Lipinski definition) is 0. The van der Waals surface area contributed by atoms with Crippen molar-refractivity contribution in [2.24, 2.45) is 0 Å². The summed E-state index contributed by atoms with van der Waals surface area (Å²) in [6.07, 6.45) is 4.77. The quantitative estimate of drug-likeness (QED) is 0.563. The van der Waals surface area contributed by atoms with Crippen LogP contribution in [0.2, 0.25) is 5.02 Å². The van der Waals surface area contributed by atoms with Crippen LogP contribution in [0.4, 0.5) is 0 Å². The van der Waals surface area contributed by atoms with Gasteiger partial charge in [-0.05, 0) is 36.6 Å². The number of halogens is 1. The number of rotatable bonds is 4. The minimum Gasteiger partial charge on any atom is -0.455 e. The zero-order valence-electron chi connectivity index (χ0n) is 18.5. The standard InChI is InChI=1S/C23H25ClN4O4S/c1-15-20-19(32-22(15)23(29)26-9-11-28(12-10-26)33(2,30)31)8-5-17-14-27(25-21(17)20)13-16-3-6-18(24)7-4-16/h3-4,6-7,14H,5,8-13H2,1-2H3. The highest BCUT2D eigenvalue weighted by molar-refractivity contribution is 7.88. The molecule has 0 bridgehead atoms. The van der Waals surface area contributed by atoms with E-state index in [1.807, 2.05) is 35.9 Å². The number of hydrogen-bond acceptors (Lipinski definition) is 5. The summed E-state index contributed by atoms with van der Waals surface area (Å²) in [6, 6.07) is 7.70. The van der Waals surface area contributed by atoms with Gasteiger partial charge >= 0.3 is 0 Å². The molecular weight excluding hydrogens is 464 g/mol. The number of fused-ring (bicyclic) bond motifs is 3. The second kappa shape index (κ2) is 8.30. The van der Waals surface area contributed by atoms with E-state index in [4.69, 9.17) is 21.1 Å². The van der Waals surface area contributed by atoms with E-state index >= 15 is 0 Å². The van der Waals surface area contributed by atoms with E-state index in [0.717, 1.165) is 40.1 Å². The molecular formula is C23H25ClN4O4S. The summed E-state index contributed by atoms with van der Waals surface area (Å²) in [5.74, 6) is 0.917. The second-order valence-corrected chi connectivity index (χ2v) is 11.1. The molecule has 2 aliphatic rings. The molecule has 0 radical (unpaired) electrons. The van der Waals surface area contributed by atoms with Crippen molar-refractivity contribution in [3.05, 3.63) is 63.7 Å². The van der Waals surface area contributed by atoms with Crippen LogP contribution < -0.4 is 0 Å². The molecule has 1 aliphatic heterocycles. The van der Waals surface area contributed by atoms with Gasteiger partial charge in [-0.2, -0.15) is 9.40 Å². The van der Waals surface area contributed by atoms with Gasteiger partial charge in [0.15, 0.2) is 5.76 Å². The molecule has 0 unspecified atom stereocenters. The lowest BCUT2D eigenvalue weighted by molar-refractivity contribution is 0.0663. The first-order valence-corrected chi connectivity index (χ1v) is 13.1. The molecule has 174 valence electrons. The molecule has 1 fully saturated rings. The van der Waals surface area contributed by atoms with Crippen LogP contribution in [0.25, 0.3) is 11.3 Å². The van der Waals surface area contributed by atoms with Crippen molar-refractivity contribution in [3.8, 4) is 11.3 Å². The van der Waals surface area contributed by atoms with Gasteiger partial charge in [0.05, 0.1) is 18.5 Å². The van der Waals surface area contributed by atoms with Crippen LogP contribution in [-0.2, 0) is 29.4 Å². The monoisotopic (exact) mass is 488 g/mol. The topological polar surface area (TPSA) is 88.7 Å². The molecule has 3 heterocycles. The van der Waals surface area contributed by atoms with Crippen LogP contribution in [0.3, 0.4) is 0 Å². The van der Waals surface area contributed by atoms with Crippen LogP contribution in [0.5, 0.6) is 0 Å². The Labute approximate surface area is 197 Å². The fraction of sp³-hybridized carbons (Fsp3) is 0.391. The van der Waals surface area contributed by atoms with Crippen molar-refractivity contribution in [1.82, 2.24) is 19.0 Å². The molecule has 2 aromatic heterocycles. The molecule has 1 aromatic carbocycles. The van der Waals surface area contributed by atoms with E-state index in [9.17, 15) is 13.2 Å². The first-order valence-electron chi connectivity index (χ1n) is 10.9. The molecule has 0 N–H and O–H groups in total. The van der Waals surface area contributed by atoms with Crippen LogP contribution >= 0.6 is 11.6 Å². The zero-order valence-corrected chi connectivity index (χ0v) is 20.1. The smallest absolute Gasteiger partial charge is 0.289 e. The molecule has 3 aromatic rings. The number of amides is 1. The number of benzene rings is 1. The molecule has 33 heavy (non-hydrogen) atoms. The van der Waals surface area contributed by atoms with E-state index < -0.39 is 10.0 Å². The van der Waals surface area contributed by atoms with Crippen molar-refractivity contribution in [3.63, 3.8) is 0 Å². The average Bonchev–Trinajstić information content (AvgIpc) is 3.34. The van der Waals surface area contributed by atoms with Gasteiger partial charge < -0.3 is 9.32 Å². The Bertz CT molecular complexity index is 1320. The summed E-state index contributed by atoms with van der Waals surface area (Å²) >= 11 is 5.99. The van der Waals surface area contributed by atoms with E-state index in [1.54, 1.807) is 4.90 Å². The SMILES string of the molecule is Cc1c(C(=O)N2CCN(S(C)(=O)=O)CC2)oc2c1-c1nn(Cc3ccc(Cl)cc3)cc1CC2. The fourth-order valence-corrected chi connectivity index (χ4v) is 5.54. The van der Waals surface area contributed by atoms with Crippen LogP contribution in [0.1, 0.15) is 33.0 Å². The molecule has 1 amide bonds. The lowest BCUT2D eigenvalue weighted by Gasteiger charge is -2.32. The average molecular weight is 489 g/mol. The second-order valence-electron chi connectivity index (χ2n) is 8.64. The molecule has 0 spiro atoms. The maximum Gasteiger partial charge on any atom is 0.289 e. The maximum atomic E-state index is 13.2. The number of aryl methyl sites for hydroxylation is 2. The number of furan rings is 1. The first-order chi connectivity index (χ1) is 15.7. The predicted molar refractivity (Wildman–Crippen MR) is 125 cm³/mol. The van der Waals surface area contributed by atoms with Crippen molar-refractivity contribution in [2.45, 2.75) is 26.3 Å². The molecule has 8 nitrogen and oxygen atoms in total. The normalized spacial score (nSPS) is 16.5. The third kappa shape index (κ3) is 4.20. The molecule has 0 atom stereocenters. The Morgan fingerprint density at radius 3 is 2.48 bits per heavy atom. The molecule has 0 saturated carbocycles. The van der Waals surface area contributed by atoms with Gasteiger partial charge in [-0.25, -0.2) is 8.42 Å². The van der Waals surface area contributed by atoms with Crippen molar-refractivity contribution in [2.75, 3.05) is 32.4 Å². The molecule has 5 rings (SSSR count). The number of aromatic nitrogens is 2. The Morgan fingerprint density at radius 1 is 1.12 bits per heavy atom. The maximum absolute atomic E-state index is 13.2. The van der Waals surface area contributed by atoms with Gasteiger partial charge in [-0.3, -0.25) is 9.48 Å². The summed E-state index contributed by atoms with van der Waals surface area (Å²) in [4.78, 5) is 14.9. The highest BCUT2D eigenvalue weighted by Crippen LogP contribution is 2.38. The lowest BCUT2D eigenvalue weighted by atomic mass is 9.93. The Hall–Kier alpha value is -2.62. The Kier molecular flexibility index (Phi) is 5.58. The highest BCUT2D eigenvalue weighted by atomic mass is 35.5. The number of carbonyl (C=O) groups excluding carboxylic acids is 1. The van der Waals surface area contributed by atoms with Crippen LogP contribution in [-0.4, -0.2) is 65.7 Å². The fourth-order valence-electron chi connectivity index (χ4n) is 4.59. The van der Waals surface area contributed by atoms with Gasteiger partial charge in [0.2, 0.25) is 10.0 Å². The van der Waals surface area contributed by atoms with Gasteiger partial charge in [-0.15, -0.1) is 0 Å². The van der Waals surface area contributed by atoms with E-state index in [-0.39, 0.29) is 5.91 Å². The number of carbonyl (C=O) groups is 1. The van der Waals surface area contributed by atoms with E-state index in [1.165, 1.54) is 10.6 Å². The molecule has 1 saturated heterocycles. The van der Waals surface area contributed by atoms with Gasteiger partial charge in [0.1, 0.15) is 5.76 Å². The van der Waals surface area contributed by atoms with Gasteiger partial charge in [-0.1, -0.05) is 23.7 Å². The Morgan fingerprint density at radius 2 is 1.82 bits per heavy atom. The minimum atomic E-state index is -3.25. The Balaban J connectivity index is 1.38. The number of piperazine rings is 1. The summed E-state index contributed by atoms with van der Waals surface area (Å²) in [5.41, 5.74) is 4.81. The van der Waals surface area contributed by atoms with Gasteiger partial charge in [0, 0.05) is 54.9 Å². The third-order valence-corrected chi connectivity index (χ3v) is 7.92. The molecule has 1 aliphatic carbocycles. The largest absolute Gasteiger partial charge is 0.455 e. The van der Waals surface area contributed by atoms with Crippen molar-refractivity contribution in [1.29, 1.82) is 0 Å². The van der Waals surface area contributed by atoms with Crippen molar-refractivity contribution < 1.29 is 17.6 Å². The first kappa shape index (κ1) is 22.2. The third-order valence-electron chi connectivity index (χ3n) is 6.36. The van der Waals surface area contributed by atoms with Crippen LogP contribution in [0.15, 0.2) is 34.9 Å².